The van der Waals surface area contributed by atoms with Gasteiger partial charge < -0.3 is 11.1 Å². The normalized spacial score (nSPS) is 16.4. The standard InChI is InChI=1S/C11H13BrFN3O2/c12-7-3-11(16(17)18)9(4-8(7)13)15-10(5-14)6-1-2-6/h3-4,6,10,15H,1-2,5,14H2. The number of rotatable bonds is 5. The molecular formula is C11H13BrFN3O2. The van der Waals surface area contributed by atoms with Crippen molar-refractivity contribution in [1.29, 1.82) is 0 Å². The number of anilines is 1. The van der Waals surface area contributed by atoms with Crippen molar-refractivity contribution >= 4 is 27.3 Å². The largest absolute Gasteiger partial charge is 0.375 e. The Morgan fingerprint density at radius 2 is 2.28 bits per heavy atom. The molecule has 5 nitrogen and oxygen atoms in total. The van der Waals surface area contributed by atoms with Crippen LogP contribution in [0.1, 0.15) is 12.8 Å². The third-order valence-electron chi connectivity index (χ3n) is 3.02. The Morgan fingerprint density at radius 3 is 2.78 bits per heavy atom. The molecule has 7 heteroatoms. The molecule has 0 amide bonds. The van der Waals surface area contributed by atoms with Crippen molar-refractivity contribution in [1.82, 2.24) is 0 Å². The first-order chi connectivity index (χ1) is 8.52. The van der Waals surface area contributed by atoms with E-state index in [2.05, 4.69) is 21.2 Å². The Bertz CT molecular complexity index is 480. The summed E-state index contributed by atoms with van der Waals surface area (Å²) < 4.78 is 13.5. The van der Waals surface area contributed by atoms with Crippen LogP contribution in [0.25, 0.3) is 0 Å². The smallest absolute Gasteiger partial charge is 0.293 e. The first-order valence-electron chi connectivity index (χ1n) is 5.63. The van der Waals surface area contributed by atoms with Crippen molar-refractivity contribution in [3.63, 3.8) is 0 Å². The second-order valence-corrected chi connectivity index (χ2v) is 5.22. The number of nitrogens with two attached hydrogens (primary N) is 1. The predicted octanol–water partition coefficient (Wildman–Crippen LogP) is 2.65. The molecule has 1 aliphatic carbocycles. The number of nitro benzene ring substituents is 1. The lowest BCUT2D eigenvalue weighted by molar-refractivity contribution is -0.384. The molecule has 98 valence electrons. The molecule has 3 N–H and O–H groups in total. The van der Waals surface area contributed by atoms with E-state index in [1.165, 1.54) is 0 Å². The Balaban J connectivity index is 2.29. The first-order valence-corrected chi connectivity index (χ1v) is 6.42. The van der Waals surface area contributed by atoms with Crippen LogP contribution in [0, 0.1) is 21.8 Å². The van der Waals surface area contributed by atoms with Crippen molar-refractivity contribution in [2.75, 3.05) is 11.9 Å². The quantitative estimate of drug-likeness (QED) is 0.646. The Hall–Kier alpha value is -1.21. The molecule has 0 heterocycles. The summed E-state index contributed by atoms with van der Waals surface area (Å²) in [5, 5.41) is 13.9. The molecule has 1 atom stereocenters. The summed E-state index contributed by atoms with van der Waals surface area (Å²) in [7, 11) is 0. The molecule has 0 radical (unpaired) electrons. The minimum atomic E-state index is -0.535. The molecule has 1 aromatic carbocycles. The van der Waals surface area contributed by atoms with Crippen LogP contribution in [-0.4, -0.2) is 17.5 Å². The first kappa shape index (κ1) is 13.2. The zero-order valence-electron chi connectivity index (χ0n) is 9.53. The van der Waals surface area contributed by atoms with E-state index in [1.807, 2.05) is 0 Å². The van der Waals surface area contributed by atoms with E-state index in [-0.39, 0.29) is 21.9 Å². The van der Waals surface area contributed by atoms with Crippen LogP contribution in [0.4, 0.5) is 15.8 Å². The molecule has 0 spiro atoms. The van der Waals surface area contributed by atoms with Crippen LogP contribution < -0.4 is 11.1 Å². The van der Waals surface area contributed by atoms with Crippen LogP contribution in [0.2, 0.25) is 0 Å². The van der Waals surface area contributed by atoms with Gasteiger partial charge in [-0.2, -0.15) is 0 Å². The molecule has 1 saturated carbocycles. The zero-order valence-corrected chi connectivity index (χ0v) is 11.1. The monoisotopic (exact) mass is 317 g/mol. The molecule has 1 aromatic rings. The van der Waals surface area contributed by atoms with Crippen molar-refractivity contribution < 1.29 is 9.31 Å². The van der Waals surface area contributed by atoms with Gasteiger partial charge in [0.25, 0.3) is 5.69 Å². The van der Waals surface area contributed by atoms with Crippen molar-refractivity contribution in [3.8, 4) is 0 Å². The number of nitro groups is 1. The lowest BCUT2D eigenvalue weighted by Crippen LogP contribution is -2.31. The minimum Gasteiger partial charge on any atom is -0.375 e. The van der Waals surface area contributed by atoms with E-state index in [0.29, 0.717) is 12.5 Å². The highest BCUT2D eigenvalue weighted by Gasteiger charge is 2.31. The zero-order chi connectivity index (χ0) is 13.3. The Kier molecular flexibility index (Phi) is 3.82. The van der Waals surface area contributed by atoms with Gasteiger partial charge in [0.2, 0.25) is 0 Å². The van der Waals surface area contributed by atoms with Gasteiger partial charge in [0.05, 0.1) is 9.40 Å². The summed E-state index contributed by atoms with van der Waals surface area (Å²) in [5.74, 6) is -0.101. The van der Waals surface area contributed by atoms with Crippen LogP contribution in [0.5, 0.6) is 0 Å². The van der Waals surface area contributed by atoms with Gasteiger partial charge in [-0.3, -0.25) is 10.1 Å². The van der Waals surface area contributed by atoms with Gasteiger partial charge in [-0.15, -0.1) is 0 Å². The molecule has 2 rings (SSSR count). The average molecular weight is 318 g/mol. The van der Waals surface area contributed by atoms with E-state index in [1.54, 1.807) is 0 Å². The third-order valence-corrected chi connectivity index (χ3v) is 3.63. The van der Waals surface area contributed by atoms with E-state index < -0.39 is 10.7 Å². The fraction of sp³-hybridized carbons (Fsp3) is 0.455. The van der Waals surface area contributed by atoms with Crippen LogP contribution in [-0.2, 0) is 0 Å². The molecular weight excluding hydrogens is 305 g/mol. The lowest BCUT2D eigenvalue weighted by Gasteiger charge is -2.17. The molecule has 18 heavy (non-hydrogen) atoms. The SMILES string of the molecule is NCC(Nc1cc(F)c(Br)cc1[N+](=O)[O-])C1CC1. The van der Waals surface area contributed by atoms with E-state index in [9.17, 15) is 14.5 Å². The van der Waals surface area contributed by atoms with Gasteiger partial charge in [-0.25, -0.2) is 4.39 Å². The van der Waals surface area contributed by atoms with Gasteiger partial charge in [-0.1, -0.05) is 0 Å². The number of nitrogens with zero attached hydrogens (tertiary/aromatic N) is 1. The number of nitrogens with one attached hydrogen (secondary N) is 1. The summed E-state index contributed by atoms with van der Waals surface area (Å²) in [6.07, 6.45) is 2.11. The Labute approximate surface area is 112 Å². The molecule has 1 unspecified atom stereocenters. The lowest BCUT2D eigenvalue weighted by atomic mass is 10.1. The molecule has 0 aromatic heterocycles. The van der Waals surface area contributed by atoms with Gasteiger partial charge in [0.1, 0.15) is 11.5 Å². The molecule has 0 bridgehead atoms. The highest BCUT2D eigenvalue weighted by molar-refractivity contribution is 9.10. The summed E-state index contributed by atoms with van der Waals surface area (Å²) in [6, 6.07) is 2.26. The third kappa shape index (κ3) is 2.78. The summed E-state index contributed by atoms with van der Waals surface area (Å²) in [6.45, 7) is 0.375. The fourth-order valence-corrected chi connectivity index (χ4v) is 2.20. The predicted molar refractivity (Wildman–Crippen MR) is 69.9 cm³/mol. The van der Waals surface area contributed by atoms with Crippen LogP contribution in [0.3, 0.4) is 0 Å². The van der Waals surface area contributed by atoms with E-state index in [0.717, 1.165) is 25.0 Å². The van der Waals surface area contributed by atoms with Crippen molar-refractivity contribution in [2.45, 2.75) is 18.9 Å². The average Bonchev–Trinajstić information content (AvgIpc) is 3.13. The Morgan fingerprint density at radius 1 is 1.61 bits per heavy atom. The van der Waals surface area contributed by atoms with Gasteiger partial charge in [-0.05, 0) is 34.7 Å². The molecule has 0 saturated heterocycles. The van der Waals surface area contributed by atoms with Crippen LogP contribution >= 0.6 is 15.9 Å². The maximum Gasteiger partial charge on any atom is 0.293 e. The number of hydrogen-bond donors (Lipinski definition) is 2. The number of benzene rings is 1. The van der Waals surface area contributed by atoms with Gasteiger partial charge in [0.15, 0.2) is 0 Å². The minimum absolute atomic E-state index is 0.0377. The second-order valence-electron chi connectivity index (χ2n) is 4.36. The molecule has 1 aliphatic rings. The fourth-order valence-electron chi connectivity index (χ4n) is 1.87. The maximum absolute atomic E-state index is 13.5. The number of halogens is 2. The van der Waals surface area contributed by atoms with Crippen molar-refractivity contribution in [3.05, 3.63) is 32.5 Å². The van der Waals surface area contributed by atoms with Gasteiger partial charge in [0, 0.05) is 24.7 Å². The van der Waals surface area contributed by atoms with E-state index >= 15 is 0 Å². The topological polar surface area (TPSA) is 81.2 Å². The summed E-state index contributed by atoms with van der Waals surface area (Å²) in [4.78, 5) is 10.4. The summed E-state index contributed by atoms with van der Waals surface area (Å²) >= 11 is 2.94. The maximum atomic E-state index is 13.5. The highest BCUT2D eigenvalue weighted by Crippen LogP contribution is 2.36. The van der Waals surface area contributed by atoms with Crippen molar-refractivity contribution in [2.24, 2.45) is 11.7 Å². The van der Waals surface area contributed by atoms with Crippen LogP contribution in [0.15, 0.2) is 16.6 Å². The second kappa shape index (κ2) is 5.19. The van der Waals surface area contributed by atoms with E-state index in [4.69, 9.17) is 5.73 Å². The highest BCUT2D eigenvalue weighted by atomic mass is 79.9. The number of hydrogen-bond acceptors (Lipinski definition) is 4. The van der Waals surface area contributed by atoms with Gasteiger partial charge >= 0.3 is 0 Å². The summed E-state index contributed by atoms with van der Waals surface area (Å²) in [5.41, 5.74) is 5.65. The molecule has 1 fully saturated rings. The molecule has 0 aliphatic heterocycles.